The molecule has 0 aliphatic rings. The highest BCUT2D eigenvalue weighted by atomic mass is 35.5. The van der Waals surface area contributed by atoms with E-state index in [0.717, 1.165) is 0 Å². The smallest absolute Gasteiger partial charge is 0.248 e. The van der Waals surface area contributed by atoms with E-state index in [2.05, 4.69) is 10.3 Å². The average Bonchev–Trinajstić information content (AvgIpc) is 3.46. The number of oxazole rings is 1. The van der Waals surface area contributed by atoms with Crippen LogP contribution in [0, 0.1) is 0 Å². The average molecular weight is 510 g/mol. The van der Waals surface area contributed by atoms with Gasteiger partial charge >= 0.3 is 0 Å². The summed E-state index contributed by atoms with van der Waals surface area (Å²) in [6.45, 7) is 0. The number of nitrogens with zero attached hydrogens (tertiary/aromatic N) is 1. The Balaban J connectivity index is 1.30. The summed E-state index contributed by atoms with van der Waals surface area (Å²) >= 11 is 18.6. The number of furan rings is 1. The van der Waals surface area contributed by atoms with E-state index in [4.69, 9.17) is 43.6 Å². The highest BCUT2D eigenvalue weighted by Gasteiger charge is 2.13. The first-order valence-corrected chi connectivity index (χ1v) is 11.3. The number of carbonyl (C=O) groups is 1. The molecule has 0 spiro atoms. The summed E-state index contributed by atoms with van der Waals surface area (Å²) in [5.74, 6) is 1.14. The van der Waals surface area contributed by atoms with Crippen molar-refractivity contribution in [2.24, 2.45) is 0 Å². The highest BCUT2D eigenvalue weighted by Crippen LogP contribution is 2.34. The Hall–Kier alpha value is -3.51. The van der Waals surface area contributed by atoms with Crippen LogP contribution in [0.2, 0.25) is 15.1 Å². The molecule has 1 amide bonds. The molecule has 0 radical (unpaired) electrons. The fourth-order valence-corrected chi connectivity index (χ4v) is 3.99. The van der Waals surface area contributed by atoms with Gasteiger partial charge in [-0.15, -0.1) is 0 Å². The number of halogens is 3. The van der Waals surface area contributed by atoms with Gasteiger partial charge in [-0.25, -0.2) is 4.98 Å². The Morgan fingerprint density at radius 3 is 2.50 bits per heavy atom. The summed E-state index contributed by atoms with van der Waals surface area (Å²) in [5, 5.41) is 4.20. The third-order valence-electron chi connectivity index (χ3n) is 5.00. The van der Waals surface area contributed by atoms with Crippen LogP contribution < -0.4 is 5.32 Å². The zero-order valence-corrected chi connectivity index (χ0v) is 19.7. The van der Waals surface area contributed by atoms with Gasteiger partial charge in [0, 0.05) is 17.3 Å². The molecule has 0 aliphatic carbocycles. The van der Waals surface area contributed by atoms with Gasteiger partial charge in [0.25, 0.3) is 0 Å². The van der Waals surface area contributed by atoms with Gasteiger partial charge in [0.05, 0.1) is 20.6 Å². The van der Waals surface area contributed by atoms with E-state index in [-0.39, 0.29) is 5.91 Å². The standard InChI is InChI=1S/C26H15Cl3N2O3/c27-19-6-2-1-4-17(19)26-31-21-14-15(8-11-23(21)34-26)30-24(32)13-10-16-9-12-22(33-16)18-5-3-7-20(28)25(18)29/h1-14H,(H,30,32). The van der Waals surface area contributed by atoms with Gasteiger partial charge < -0.3 is 14.2 Å². The van der Waals surface area contributed by atoms with Gasteiger partial charge in [0.1, 0.15) is 17.0 Å². The lowest BCUT2D eigenvalue weighted by Gasteiger charge is -2.02. The molecule has 5 nitrogen and oxygen atoms in total. The molecule has 1 N–H and O–H groups in total. The number of hydrogen-bond donors (Lipinski definition) is 1. The molecule has 0 unspecified atom stereocenters. The van der Waals surface area contributed by atoms with E-state index in [1.807, 2.05) is 24.3 Å². The van der Waals surface area contributed by atoms with Crippen molar-refractivity contribution in [2.75, 3.05) is 5.32 Å². The molecule has 3 aromatic carbocycles. The van der Waals surface area contributed by atoms with E-state index < -0.39 is 0 Å². The van der Waals surface area contributed by atoms with E-state index in [1.54, 1.807) is 54.6 Å². The van der Waals surface area contributed by atoms with Crippen LogP contribution in [-0.4, -0.2) is 10.9 Å². The molecule has 0 saturated carbocycles. The van der Waals surface area contributed by atoms with Crippen molar-refractivity contribution in [2.45, 2.75) is 0 Å². The lowest BCUT2D eigenvalue weighted by molar-refractivity contribution is -0.111. The van der Waals surface area contributed by atoms with Crippen molar-refractivity contribution < 1.29 is 13.6 Å². The second-order valence-corrected chi connectivity index (χ2v) is 8.50. The predicted molar refractivity (Wildman–Crippen MR) is 136 cm³/mol. The first kappa shape index (κ1) is 22.3. The number of anilines is 1. The Kier molecular flexibility index (Phi) is 6.16. The first-order valence-electron chi connectivity index (χ1n) is 10.2. The van der Waals surface area contributed by atoms with Crippen molar-refractivity contribution in [3.63, 3.8) is 0 Å². The third kappa shape index (κ3) is 4.59. The number of benzene rings is 3. The zero-order chi connectivity index (χ0) is 23.7. The lowest BCUT2D eigenvalue weighted by Crippen LogP contribution is -2.07. The summed E-state index contributed by atoms with van der Waals surface area (Å²) in [7, 11) is 0. The van der Waals surface area contributed by atoms with Crippen molar-refractivity contribution in [3.05, 3.63) is 99.7 Å². The molecule has 0 saturated heterocycles. The number of rotatable bonds is 5. The monoisotopic (exact) mass is 508 g/mol. The van der Waals surface area contributed by atoms with E-state index in [9.17, 15) is 4.79 Å². The van der Waals surface area contributed by atoms with E-state index in [1.165, 1.54) is 6.08 Å². The highest BCUT2D eigenvalue weighted by molar-refractivity contribution is 6.43. The van der Waals surface area contributed by atoms with Crippen molar-refractivity contribution in [1.82, 2.24) is 4.98 Å². The number of fused-ring (bicyclic) bond motifs is 1. The Labute approximate surface area is 209 Å². The van der Waals surface area contributed by atoms with Crippen LogP contribution in [-0.2, 0) is 4.79 Å². The van der Waals surface area contributed by atoms with Crippen molar-refractivity contribution >= 4 is 63.6 Å². The second-order valence-electron chi connectivity index (χ2n) is 7.31. The summed E-state index contributed by atoms with van der Waals surface area (Å²) in [6, 6.07) is 21.3. The normalized spacial score (nSPS) is 11.4. The molecule has 0 fully saturated rings. The topological polar surface area (TPSA) is 68.3 Å². The van der Waals surface area contributed by atoms with E-state index >= 15 is 0 Å². The second kappa shape index (κ2) is 9.39. The molecule has 0 bridgehead atoms. The van der Waals surface area contributed by atoms with E-state index in [0.29, 0.717) is 60.4 Å². The van der Waals surface area contributed by atoms with Gasteiger partial charge in [-0.05, 0) is 60.7 Å². The maximum Gasteiger partial charge on any atom is 0.248 e. The van der Waals surface area contributed by atoms with Crippen molar-refractivity contribution in [3.8, 4) is 22.8 Å². The molecular weight excluding hydrogens is 495 g/mol. The predicted octanol–water partition coefficient (Wildman–Crippen LogP) is 8.37. The largest absolute Gasteiger partial charge is 0.457 e. The SMILES string of the molecule is O=C(C=Cc1ccc(-c2cccc(Cl)c2Cl)o1)Nc1ccc2oc(-c3ccccc3Cl)nc2c1. The maximum atomic E-state index is 12.4. The third-order valence-corrected chi connectivity index (χ3v) is 6.15. The van der Waals surface area contributed by atoms with Gasteiger partial charge in [-0.2, -0.15) is 0 Å². The summed E-state index contributed by atoms with van der Waals surface area (Å²) in [5.41, 5.74) is 3.14. The molecule has 0 atom stereocenters. The maximum absolute atomic E-state index is 12.4. The number of aromatic nitrogens is 1. The molecule has 0 aliphatic heterocycles. The molecule has 5 rings (SSSR count). The quantitative estimate of drug-likeness (QED) is 0.242. The Morgan fingerprint density at radius 1 is 0.853 bits per heavy atom. The Bertz CT molecular complexity index is 1550. The summed E-state index contributed by atoms with van der Waals surface area (Å²) in [4.78, 5) is 16.9. The van der Waals surface area contributed by atoms with Crippen LogP contribution >= 0.6 is 34.8 Å². The molecule has 34 heavy (non-hydrogen) atoms. The minimum atomic E-state index is -0.326. The first-order chi connectivity index (χ1) is 16.5. The van der Waals surface area contributed by atoms with Crippen LogP contribution in [0.15, 0.2) is 87.7 Å². The number of nitrogens with one attached hydrogen (secondary N) is 1. The molecule has 8 heteroatoms. The summed E-state index contributed by atoms with van der Waals surface area (Å²) < 4.78 is 11.6. The van der Waals surface area contributed by atoms with Crippen LogP contribution in [0.1, 0.15) is 5.76 Å². The molecule has 2 heterocycles. The minimum Gasteiger partial charge on any atom is -0.457 e. The van der Waals surface area contributed by atoms with Gasteiger partial charge in [0.2, 0.25) is 11.8 Å². The molecular formula is C26H15Cl3N2O3. The lowest BCUT2D eigenvalue weighted by atomic mass is 10.2. The van der Waals surface area contributed by atoms with Gasteiger partial charge in [-0.1, -0.05) is 53.0 Å². The fraction of sp³-hybridized carbons (Fsp3) is 0. The van der Waals surface area contributed by atoms with Crippen molar-refractivity contribution in [1.29, 1.82) is 0 Å². The zero-order valence-electron chi connectivity index (χ0n) is 17.4. The molecule has 168 valence electrons. The minimum absolute atomic E-state index is 0.326. The van der Waals surface area contributed by atoms with Crippen LogP contribution in [0.3, 0.4) is 0 Å². The van der Waals surface area contributed by atoms with Crippen LogP contribution in [0.4, 0.5) is 5.69 Å². The van der Waals surface area contributed by atoms with Crippen LogP contribution in [0.5, 0.6) is 0 Å². The van der Waals surface area contributed by atoms with Gasteiger partial charge in [-0.3, -0.25) is 4.79 Å². The number of amides is 1. The molecule has 2 aromatic heterocycles. The Morgan fingerprint density at radius 2 is 1.65 bits per heavy atom. The number of carbonyl (C=O) groups excluding carboxylic acids is 1. The fourth-order valence-electron chi connectivity index (χ4n) is 3.38. The molecule has 5 aromatic rings. The van der Waals surface area contributed by atoms with Gasteiger partial charge in [0.15, 0.2) is 5.58 Å². The van der Waals surface area contributed by atoms with Crippen LogP contribution in [0.25, 0.3) is 40.0 Å². The summed E-state index contributed by atoms with van der Waals surface area (Å²) in [6.07, 6.45) is 2.95. The number of hydrogen-bond acceptors (Lipinski definition) is 4.